The van der Waals surface area contributed by atoms with E-state index in [1.807, 2.05) is 34.8 Å². The Morgan fingerprint density at radius 3 is 2.04 bits per heavy atom. The fraction of sp³-hybridized carbons (Fsp3) is 0.214. The van der Waals surface area contributed by atoms with Crippen LogP contribution in [0.2, 0.25) is 0 Å². The average molecular weight is 672 g/mol. The van der Waals surface area contributed by atoms with Crippen molar-refractivity contribution in [2.24, 2.45) is 7.05 Å². The predicted molar refractivity (Wildman–Crippen MR) is 216 cm³/mol. The monoisotopic (exact) mass is 671 g/mol. The Kier molecular flexibility index (Phi) is 13.3. The Bertz CT molecular complexity index is 1820. The smallest absolute Gasteiger partial charge is 0.212 e. The van der Waals surface area contributed by atoms with Crippen LogP contribution in [0, 0.1) is 0 Å². The molecular formula is C42H47N4S2+. The lowest BCUT2D eigenvalue weighted by molar-refractivity contribution is -0.644. The predicted octanol–water partition coefficient (Wildman–Crippen LogP) is 9.35. The maximum atomic E-state index is 3.10. The van der Waals surface area contributed by atoms with Crippen LogP contribution in [0.3, 0.4) is 0 Å². The van der Waals surface area contributed by atoms with Crippen LogP contribution in [-0.2, 0) is 7.05 Å². The van der Waals surface area contributed by atoms with Crippen LogP contribution in [0.5, 0.6) is 0 Å². The molecule has 1 N–H and O–H groups in total. The number of rotatable bonds is 15. The first kappa shape index (κ1) is 34.9. The summed E-state index contributed by atoms with van der Waals surface area (Å²) >= 11 is 0. The Morgan fingerprint density at radius 1 is 0.771 bits per heavy atom. The number of para-hydroxylation sites is 1. The molecule has 0 unspecified atom stereocenters. The molecule has 6 heteroatoms. The molecule has 0 spiro atoms. The molecule has 5 rings (SSSR count). The Morgan fingerprint density at radius 2 is 1.42 bits per heavy atom. The lowest BCUT2D eigenvalue weighted by Crippen LogP contribution is -2.28. The van der Waals surface area contributed by atoms with E-state index < -0.39 is 0 Å². The summed E-state index contributed by atoms with van der Waals surface area (Å²) in [7, 11) is 12.3. The molecule has 1 aliphatic carbocycles. The van der Waals surface area contributed by atoms with Crippen LogP contribution >= 0.6 is 21.6 Å². The molecule has 1 aliphatic rings. The van der Waals surface area contributed by atoms with E-state index in [1.165, 1.54) is 50.1 Å². The van der Waals surface area contributed by atoms with Gasteiger partial charge in [-0.05, 0) is 76.9 Å². The number of benzene rings is 3. The molecule has 1 aromatic heterocycles. The molecule has 3 aromatic carbocycles. The zero-order valence-corrected chi connectivity index (χ0v) is 30.2. The van der Waals surface area contributed by atoms with E-state index >= 15 is 0 Å². The van der Waals surface area contributed by atoms with Crippen molar-refractivity contribution in [1.82, 2.24) is 5.32 Å². The van der Waals surface area contributed by atoms with Crippen molar-refractivity contribution in [2.45, 2.75) is 6.42 Å². The van der Waals surface area contributed by atoms with E-state index in [1.54, 1.807) is 0 Å². The van der Waals surface area contributed by atoms with Crippen LogP contribution in [0.4, 0.5) is 11.4 Å². The number of pyridine rings is 1. The molecule has 4 nitrogen and oxygen atoms in total. The summed E-state index contributed by atoms with van der Waals surface area (Å²) in [5.74, 6) is 2.17. The van der Waals surface area contributed by atoms with Gasteiger partial charge in [0.05, 0.1) is 5.39 Å². The molecule has 0 aliphatic heterocycles. The molecule has 0 radical (unpaired) electrons. The second kappa shape index (κ2) is 18.2. The maximum Gasteiger partial charge on any atom is 0.212 e. The summed E-state index contributed by atoms with van der Waals surface area (Å²) in [6.07, 6.45) is 24.6. The van der Waals surface area contributed by atoms with Gasteiger partial charge in [-0.2, -0.15) is 0 Å². The van der Waals surface area contributed by atoms with Gasteiger partial charge in [0.15, 0.2) is 6.20 Å². The summed E-state index contributed by atoms with van der Waals surface area (Å²) < 4.78 is 2.17. The first-order chi connectivity index (χ1) is 23.5. The Balaban J connectivity index is 1.02. The van der Waals surface area contributed by atoms with Gasteiger partial charge in [-0.3, -0.25) is 0 Å². The molecule has 0 atom stereocenters. The molecule has 1 heterocycles. The summed E-state index contributed by atoms with van der Waals surface area (Å²) in [6.45, 7) is 2.03. The van der Waals surface area contributed by atoms with E-state index in [0.717, 1.165) is 31.0 Å². The highest BCUT2D eigenvalue weighted by Gasteiger charge is 2.07. The number of nitrogens with one attached hydrogen (secondary N) is 1. The fourth-order valence-corrected chi connectivity index (χ4v) is 7.57. The Hall–Kier alpha value is -4.39. The molecule has 0 saturated heterocycles. The standard InChI is InChI=1S/C42H47N4S2/c1-43-28-26-37(36-10-6-5-7-11-36)20-14-34-16-22-39(23-17-34)44(2)30-32-47-48-33-31-45(3)40-24-18-35(19-25-40)15-21-38-27-29-46(4)42-13-9-8-12-41(38)42/h5-10,12-29,43H,11,30-33H2,1-4H3/q+1/b20-14+,28-26-,37-36-. The van der Waals surface area contributed by atoms with Crippen molar-refractivity contribution in [1.29, 1.82) is 0 Å². The normalized spacial score (nSPS) is 14.1. The van der Waals surface area contributed by atoms with Gasteiger partial charge in [-0.15, -0.1) is 0 Å². The summed E-state index contributed by atoms with van der Waals surface area (Å²) in [6, 6.07) is 28.4. The zero-order valence-electron chi connectivity index (χ0n) is 28.6. The van der Waals surface area contributed by atoms with E-state index in [4.69, 9.17) is 0 Å². The number of hydrogen-bond donors (Lipinski definition) is 1. The number of anilines is 2. The number of hydrogen-bond acceptors (Lipinski definition) is 5. The highest BCUT2D eigenvalue weighted by molar-refractivity contribution is 8.76. The lowest BCUT2D eigenvalue weighted by Gasteiger charge is -2.20. The third-order valence-corrected chi connectivity index (χ3v) is 10.8. The zero-order chi connectivity index (χ0) is 33.6. The number of aromatic nitrogens is 1. The first-order valence-corrected chi connectivity index (χ1v) is 19.0. The summed E-state index contributed by atoms with van der Waals surface area (Å²) in [5.41, 5.74) is 9.92. The van der Waals surface area contributed by atoms with Crippen LogP contribution < -0.4 is 19.7 Å². The number of aryl methyl sites for hydroxylation is 1. The van der Waals surface area contributed by atoms with Gasteiger partial charge in [0.25, 0.3) is 0 Å². The van der Waals surface area contributed by atoms with E-state index in [9.17, 15) is 0 Å². The molecule has 0 fully saturated rings. The molecule has 246 valence electrons. The highest BCUT2D eigenvalue weighted by atomic mass is 33.1. The Labute approximate surface area is 295 Å². The van der Waals surface area contributed by atoms with Crippen LogP contribution in [0.25, 0.3) is 29.1 Å². The fourth-order valence-electron chi connectivity index (χ4n) is 5.48. The molecule has 48 heavy (non-hydrogen) atoms. The molecule has 4 aromatic rings. The number of allylic oxidation sites excluding steroid dienone is 8. The van der Waals surface area contributed by atoms with E-state index in [-0.39, 0.29) is 0 Å². The van der Waals surface area contributed by atoms with Crippen molar-refractivity contribution in [3.05, 3.63) is 156 Å². The minimum Gasteiger partial charge on any atom is -0.394 e. The van der Waals surface area contributed by atoms with Gasteiger partial charge in [-0.1, -0.05) is 107 Å². The van der Waals surface area contributed by atoms with Crippen molar-refractivity contribution >= 4 is 62.1 Å². The van der Waals surface area contributed by atoms with E-state index in [0.29, 0.717) is 0 Å². The summed E-state index contributed by atoms with van der Waals surface area (Å²) in [4.78, 5) is 4.68. The van der Waals surface area contributed by atoms with Gasteiger partial charge in [-0.25, -0.2) is 4.57 Å². The number of nitrogens with zero attached hydrogens (tertiary/aromatic N) is 3. The second-order valence-corrected chi connectivity index (χ2v) is 14.5. The molecule has 0 amide bonds. The third kappa shape index (κ3) is 10.1. The van der Waals surface area contributed by atoms with E-state index in [2.05, 4.69) is 181 Å². The third-order valence-electron chi connectivity index (χ3n) is 8.44. The summed E-state index contributed by atoms with van der Waals surface area (Å²) in [5, 5.41) is 4.37. The van der Waals surface area contributed by atoms with Gasteiger partial charge >= 0.3 is 0 Å². The maximum absolute atomic E-state index is 3.10. The molecule has 0 bridgehead atoms. The van der Waals surface area contributed by atoms with Gasteiger partial charge in [0, 0.05) is 69.2 Å². The van der Waals surface area contributed by atoms with Crippen molar-refractivity contribution in [2.75, 3.05) is 55.5 Å². The van der Waals surface area contributed by atoms with Crippen LogP contribution in [0.1, 0.15) is 23.1 Å². The first-order valence-electron chi connectivity index (χ1n) is 16.5. The average Bonchev–Trinajstić information content (AvgIpc) is 3.13. The van der Waals surface area contributed by atoms with Crippen LogP contribution in [-0.4, -0.2) is 45.7 Å². The van der Waals surface area contributed by atoms with Gasteiger partial charge in [0.2, 0.25) is 5.52 Å². The largest absolute Gasteiger partial charge is 0.394 e. The molecule has 0 saturated carbocycles. The van der Waals surface area contributed by atoms with Crippen molar-refractivity contribution < 1.29 is 4.57 Å². The minimum absolute atomic E-state index is 0.959. The molecular weight excluding hydrogens is 625 g/mol. The minimum atomic E-state index is 0.959. The SMILES string of the molecule is CN\C=C/C(/C=C/c1ccc(N(C)CCSSCCN(C)c2ccc(/C=C/c3cc[n+](C)c4ccccc34)cc2)cc1)=C1/C=CC=CC1. The van der Waals surface area contributed by atoms with Gasteiger partial charge < -0.3 is 15.1 Å². The quantitative estimate of drug-likeness (QED) is 0.0771. The lowest BCUT2D eigenvalue weighted by atomic mass is 10.00. The van der Waals surface area contributed by atoms with Crippen LogP contribution in [0.15, 0.2) is 139 Å². The van der Waals surface area contributed by atoms with Crippen molar-refractivity contribution in [3.8, 4) is 0 Å². The van der Waals surface area contributed by atoms with Crippen molar-refractivity contribution in [3.63, 3.8) is 0 Å². The highest BCUT2D eigenvalue weighted by Crippen LogP contribution is 2.25. The number of fused-ring (bicyclic) bond motifs is 1. The topological polar surface area (TPSA) is 22.4 Å². The van der Waals surface area contributed by atoms with Gasteiger partial charge in [0.1, 0.15) is 7.05 Å². The second-order valence-electron chi connectivity index (χ2n) is 11.8.